The highest BCUT2D eigenvalue weighted by Gasteiger charge is 2.20. The third-order valence-corrected chi connectivity index (χ3v) is 7.02. The Labute approximate surface area is 200 Å². The highest BCUT2D eigenvalue weighted by atomic mass is 19.2. The summed E-state index contributed by atoms with van der Waals surface area (Å²) in [5, 5.41) is 1.16. The summed E-state index contributed by atoms with van der Waals surface area (Å²) >= 11 is 0. The lowest BCUT2D eigenvalue weighted by Gasteiger charge is -2.28. The van der Waals surface area contributed by atoms with Crippen molar-refractivity contribution in [3.8, 4) is 11.8 Å². The van der Waals surface area contributed by atoms with Gasteiger partial charge in [0, 0.05) is 19.3 Å². The molecule has 3 aromatic carbocycles. The van der Waals surface area contributed by atoms with Crippen molar-refractivity contribution in [1.82, 2.24) is 0 Å². The molecule has 3 aromatic rings. The summed E-state index contributed by atoms with van der Waals surface area (Å²) < 4.78 is 46.7. The van der Waals surface area contributed by atoms with Gasteiger partial charge < -0.3 is 4.74 Å². The number of methoxy groups -OCH3 is 1. The largest absolute Gasteiger partial charge is 0.385 e. The molecule has 1 fully saturated rings. The van der Waals surface area contributed by atoms with E-state index in [-0.39, 0.29) is 5.82 Å². The van der Waals surface area contributed by atoms with Crippen molar-refractivity contribution in [2.45, 2.75) is 51.4 Å². The van der Waals surface area contributed by atoms with E-state index in [0.29, 0.717) is 21.9 Å². The Morgan fingerprint density at radius 2 is 1.47 bits per heavy atom. The highest BCUT2D eigenvalue weighted by Crippen LogP contribution is 2.34. The minimum absolute atomic E-state index is 0.319. The summed E-state index contributed by atoms with van der Waals surface area (Å²) in [6, 6.07) is 12.7. The summed E-state index contributed by atoms with van der Waals surface area (Å²) in [6.07, 6.45) is 9.54. The molecular weight excluding hydrogens is 433 g/mol. The maximum absolute atomic E-state index is 14.7. The molecule has 0 amide bonds. The van der Waals surface area contributed by atoms with E-state index >= 15 is 0 Å². The van der Waals surface area contributed by atoms with Gasteiger partial charge in [-0.25, -0.2) is 13.2 Å². The van der Waals surface area contributed by atoms with Gasteiger partial charge in [0.05, 0.1) is 5.56 Å². The molecule has 1 aliphatic rings. The van der Waals surface area contributed by atoms with Gasteiger partial charge in [0.25, 0.3) is 0 Å². The van der Waals surface area contributed by atoms with Crippen molar-refractivity contribution in [2.24, 2.45) is 11.8 Å². The summed E-state index contributed by atoms with van der Waals surface area (Å²) in [4.78, 5) is 0. The summed E-state index contributed by atoms with van der Waals surface area (Å²) in [5.74, 6) is 5.29. The summed E-state index contributed by atoms with van der Waals surface area (Å²) in [7, 11) is 1.76. The number of aryl methyl sites for hydroxylation is 1. The predicted octanol–water partition coefficient (Wildman–Crippen LogP) is 7.82. The van der Waals surface area contributed by atoms with Gasteiger partial charge >= 0.3 is 0 Å². The molecule has 0 spiro atoms. The van der Waals surface area contributed by atoms with Gasteiger partial charge in [-0.15, -0.1) is 0 Å². The summed E-state index contributed by atoms with van der Waals surface area (Å²) in [6.45, 7) is 0.856. The number of hydrogen-bond acceptors (Lipinski definition) is 1. The smallest absolute Gasteiger partial charge is 0.159 e. The van der Waals surface area contributed by atoms with Crippen molar-refractivity contribution in [3.05, 3.63) is 82.7 Å². The van der Waals surface area contributed by atoms with E-state index in [1.807, 2.05) is 6.07 Å². The number of hydrogen-bond donors (Lipinski definition) is 0. The van der Waals surface area contributed by atoms with Gasteiger partial charge in [0.2, 0.25) is 0 Å². The molecule has 178 valence electrons. The monoisotopic (exact) mass is 464 g/mol. The Morgan fingerprint density at radius 1 is 0.765 bits per heavy atom. The van der Waals surface area contributed by atoms with Gasteiger partial charge in [0.15, 0.2) is 11.6 Å². The number of fused-ring (bicyclic) bond motifs is 1. The molecule has 4 rings (SSSR count). The second-order valence-corrected chi connectivity index (χ2v) is 9.45. The first-order valence-electron chi connectivity index (χ1n) is 12.2. The molecule has 0 radical (unpaired) electrons. The molecule has 1 nitrogen and oxygen atoms in total. The van der Waals surface area contributed by atoms with Crippen LogP contribution < -0.4 is 0 Å². The first-order valence-corrected chi connectivity index (χ1v) is 12.2. The normalized spacial score (nSPS) is 18.0. The van der Waals surface area contributed by atoms with Crippen LogP contribution in [0.4, 0.5) is 13.2 Å². The fourth-order valence-corrected chi connectivity index (χ4v) is 4.97. The van der Waals surface area contributed by atoms with Crippen LogP contribution in [0.25, 0.3) is 10.8 Å². The van der Waals surface area contributed by atoms with Crippen LogP contribution in [0.5, 0.6) is 0 Å². The molecule has 0 heterocycles. The lowest BCUT2D eigenvalue weighted by atomic mass is 9.78. The lowest BCUT2D eigenvalue weighted by Crippen LogP contribution is -2.15. The van der Waals surface area contributed by atoms with Gasteiger partial charge in [-0.1, -0.05) is 49.7 Å². The molecule has 1 saturated carbocycles. The highest BCUT2D eigenvalue weighted by molar-refractivity contribution is 5.84. The van der Waals surface area contributed by atoms with Crippen molar-refractivity contribution >= 4 is 10.8 Å². The molecule has 4 heteroatoms. The Hall–Kier alpha value is -2.77. The van der Waals surface area contributed by atoms with E-state index in [1.54, 1.807) is 37.4 Å². The van der Waals surface area contributed by atoms with E-state index in [9.17, 15) is 13.2 Å². The third-order valence-electron chi connectivity index (χ3n) is 7.02. The van der Waals surface area contributed by atoms with Crippen LogP contribution in [0.1, 0.15) is 61.6 Å². The van der Waals surface area contributed by atoms with E-state index in [0.717, 1.165) is 55.4 Å². The third kappa shape index (κ3) is 6.42. The minimum Gasteiger partial charge on any atom is -0.385 e. The maximum atomic E-state index is 14.7. The number of rotatable bonds is 7. The van der Waals surface area contributed by atoms with Crippen molar-refractivity contribution in [1.29, 1.82) is 0 Å². The van der Waals surface area contributed by atoms with Crippen LogP contribution in [0.15, 0.2) is 48.5 Å². The Morgan fingerprint density at radius 3 is 2.18 bits per heavy atom. The molecule has 0 aromatic heterocycles. The summed E-state index contributed by atoms with van der Waals surface area (Å²) in [5.41, 5.74) is 1.97. The molecule has 0 saturated heterocycles. The Balaban J connectivity index is 1.32. The zero-order valence-electron chi connectivity index (χ0n) is 19.7. The number of ether oxygens (including phenoxy) is 1. The van der Waals surface area contributed by atoms with Crippen LogP contribution in [-0.4, -0.2) is 13.7 Å². The topological polar surface area (TPSA) is 9.23 Å². The molecule has 0 atom stereocenters. The standard InChI is InChI=1S/C30H31F3O/c1-34-16-2-3-21-4-6-22(7-5-21)8-9-24-11-14-25(28(31)18-24)13-10-23-12-15-26-19-29(32)30(33)20-27(26)17-23/h11-12,14-15,17-22H,2-9,16H2,1H3. The van der Waals surface area contributed by atoms with Crippen LogP contribution in [-0.2, 0) is 11.2 Å². The van der Waals surface area contributed by atoms with Gasteiger partial charge in [-0.3, -0.25) is 0 Å². The molecule has 0 N–H and O–H groups in total. The van der Waals surface area contributed by atoms with Crippen LogP contribution >= 0.6 is 0 Å². The van der Waals surface area contributed by atoms with Crippen LogP contribution in [0.3, 0.4) is 0 Å². The molecule has 0 unspecified atom stereocenters. The molecule has 1 aliphatic carbocycles. The number of benzene rings is 3. The maximum Gasteiger partial charge on any atom is 0.159 e. The lowest BCUT2D eigenvalue weighted by molar-refractivity contribution is 0.175. The Bertz CT molecular complexity index is 1180. The minimum atomic E-state index is -0.894. The fraction of sp³-hybridized carbons (Fsp3) is 0.400. The fourth-order valence-electron chi connectivity index (χ4n) is 4.97. The van der Waals surface area contributed by atoms with E-state index in [4.69, 9.17) is 4.74 Å². The zero-order chi connectivity index (χ0) is 23.9. The zero-order valence-corrected chi connectivity index (χ0v) is 19.7. The van der Waals surface area contributed by atoms with Crippen LogP contribution in [0.2, 0.25) is 0 Å². The van der Waals surface area contributed by atoms with Gasteiger partial charge in [0.1, 0.15) is 5.82 Å². The first kappa shape index (κ1) is 24.4. The average Bonchev–Trinajstić information content (AvgIpc) is 2.84. The Kier molecular flexibility index (Phi) is 8.29. The van der Waals surface area contributed by atoms with Crippen LogP contribution in [0, 0.1) is 41.1 Å². The van der Waals surface area contributed by atoms with E-state index in [1.165, 1.54) is 32.1 Å². The molecule has 0 aliphatic heterocycles. The molecular formula is C30H31F3O. The second-order valence-electron chi connectivity index (χ2n) is 9.45. The SMILES string of the molecule is COCCCC1CCC(CCc2ccc(C#Cc3ccc4cc(F)c(F)cc4c3)c(F)c2)CC1. The van der Waals surface area contributed by atoms with Crippen molar-refractivity contribution in [3.63, 3.8) is 0 Å². The van der Waals surface area contributed by atoms with Crippen molar-refractivity contribution in [2.75, 3.05) is 13.7 Å². The second kappa shape index (κ2) is 11.6. The average molecular weight is 465 g/mol. The molecule has 0 bridgehead atoms. The molecule has 34 heavy (non-hydrogen) atoms. The number of halogens is 3. The van der Waals surface area contributed by atoms with Gasteiger partial charge in [-0.2, -0.15) is 0 Å². The van der Waals surface area contributed by atoms with Gasteiger partial charge in [-0.05, 0) is 90.3 Å². The first-order chi connectivity index (χ1) is 16.5. The quantitative estimate of drug-likeness (QED) is 0.256. The predicted molar refractivity (Wildman–Crippen MR) is 131 cm³/mol. The van der Waals surface area contributed by atoms with Crippen molar-refractivity contribution < 1.29 is 17.9 Å². The van der Waals surface area contributed by atoms with E-state index < -0.39 is 11.6 Å². The van der Waals surface area contributed by atoms with E-state index in [2.05, 4.69) is 11.8 Å².